The Morgan fingerprint density at radius 3 is 2.81 bits per heavy atom. The van der Waals surface area contributed by atoms with Crippen molar-refractivity contribution in [1.29, 1.82) is 0 Å². The molecule has 0 heterocycles. The predicted octanol–water partition coefficient (Wildman–Crippen LogP) is 1.70. The molecule has 0 spiro atoms. The molecule has 2 N–H and O–H groups in total. The fourth-order valence-electron chi connectivity index (χ4n) is 3.36. The third-order valence-corrected chi connectivity index (χ3v) is 4.22. The second kappa shape index (κ2) is 5.17. The Kier molecular flexibility index (Phi) is 3.85. The van der Waals surface area contributed by atoms with E-state index in [1.165, 1.54) is 25.7 Å². The first kappa shape index (κ1) is 11.9. The van der Waals surface area contributed by atoms with Crippen LogP contribution in [0.15, 0.2) is 0 Å². The van der Waals surface area contributed by atoms with Crippen molar-refractivity contribution in [1.82, 2.24) is 5.32 Å². The number of amides is 1. The number of fused-ring (bicyclic) bond motifs is 2. The van der Waals surface area contributed by atoms with Gasteiger partial charge in [0.2, 0.25) is 5.91 Å². The maximum atomic E-state index is 11.7. The smallest absolute Gasteiger partial charge is 0.220 e. The lowest BCUT2D eigenvalue weighted by atomic mass is 9.86. The summed E-state index contributed by atoms with van der Waals surface area (Å²) in [6.45, 7) is 2.36. The summed E-state index contributed by atoms with van der Waals surface area (Å²) in [6, 6.07) is 0. The summed E-state index contributed by atoms with van der Waals surface area (Å²) in [7, 11) is 0. The molecule has 0 aromatic heterocycles. The Balaban J connectivity index is 1.64. The van der Waals surface area contributed by atoms with Crippen molar-refractivity contribution >= 4 is 5.91 Å². The summed E-state index contributed by atoms with van der Waals surface area (Å²) in [5.74, 6) is 2.57. The van der Waals surface area contributed by atoms with Crippen LogP contribution in [0.5, 0.6) is 0 Å². The highest BCUT2D eigenvalue weighted by atomic mass is 16.3. The van der Waals surface area contributed by atoms with Gasteiger partial charge < -0.3 is 10.4 Å². The fraction of sp³-hybridized carbons (Fsp3) is 0.923. The highest BCUT2D eigenvalue weighted by Gasteiger charge is 2.39. The van der Waals surface area contributed by atoms with Crippen LogP contribution in [0, 0.1) is 17.8 Å². The Morgan fingerprint density at radius 1 is 1.44 bits per heavy atom. The third kappa shape index (κ3) is 2.97. The molecule has 2 aliphatic rings. The summed E-state index contributed by atoms with van der Waals surface area (Å²) < 4.78 is 0. The van der Waals surface area contributed by atoms with Crippen LogP contribution in [0.2, 0.25) is 0 Å². The summed E-state index contributed by atoms with van der Waals surface area (Å²) in [6.07, 6.45) is 6.42. The van der Waals surface area contributed by atoms with Crippen molar-refractivity contribution in [3.05, 3.63) is 0 Å². The summed E-state index contributed by atoms with van der Waals surface area (Å²) in [5, 5.41) is 12.0. The van der Waals surface area contributed by atoms with Gasteiger partial charge in [-0.1, -0.05) is 6.42 Å². The molecule has 0 saturated heterocycles. The van der Waals surface area contributed by atoms with Crippen molar-refractivity contribution in [3.63, 3.8) is 0 Å². The minimum absolute atomic E-state index is 0.179. The molecule has 4 atom stereocenters. The molecule has 0 aromatic rings. The standard InChI is InChI=1S/C13H23NO2/c1-9(15)4-5-14-13(16)8-12-7-10-2-3-11(12)6-10/h9-12,15H,2-8H2,1H3,(H,14,16). The zero-order chi connectivity index (χ0) is 11.5. The van der Waals surface area contributed by atoms with Crippen molar-refractivity contribution in [2.75, 3.05) is 6.54 Å². The van der Waals surface area contributed by atoms with Gasteiger partial charge in [0.15, 0.2) is 0 Å². The first-order valence-corrected chi connectivity index (χ1v) is 6.60. The largest absolute Gasteiger partial charge is 0.393 e. The Bertz CT molecular complexity index is 252. The van der Waals surface area contributed by atoms with Crippen molar-refractivity contribution in [2.45, 2.75) is 51.6 Å². The van der Waals surface area contributed by atoms with E-state index < -0.39 is 0 Å². The Hall–Kier alpha value is -0.570. The van der Waals surface area contributed by atoms with Crippen LogP contribution in [0.4, 0.5) is 0 Å². The zero-order valence-corrected chi connectivity index (χ0v) is 10.1. The molecule has 3 heteroatoms. The third-order valence-electron chi connectivity index (χ3n) is 4.22. The molecule has 3 nitrogen and oxygen atoms in total. The quantitative estimate of drug-likeness (QED) is 0.748. The van der Waals surface area contributed by atoms with Crippen molar-refractivity contribution in [3.8, 4) is 0 Å². The van der Waals surface area contributed by atoms with Gasteiger partial charge >= 0.3 is 0 Å². The van der Waals surface area contributed by atoms with E-state index in [9.17, 15) is 4.79 Å². The van der Waals surface area contributed by atoms with Gasteiger partial charge in [-0.05, 0) is 50.4 Å². The molecule has 1 amide bonds. The first-order chi connectivity index (χ1) is 7.65. The van der Waals surface area contributed by atoms with E-state index in [1.54, 1.807) is 6.92 Å². The molecule has 2 rings (SSSR count). The number of hydrogen-bond acceptors (Lipinski definition) is 2. The molecule has 2 aliphatic carbocycles. The highest BCUT2D eigenvalue weighted by Crippen LogP contribution is 2.49. The first-order valence-electron chi connectivity index (χ1n) is 6.60. The second-order valence-electron chi connectivity index (χ2n) is 5.63. The van der Waals surface area contributed by atoms with E-state index in [0.717, 1.165) is 11.8 Å². The van der Waals surface area contributed by atoms with Crippen molar-refractivity contribution in [2.24, 2.45) is 17.8 Å². The van der Waals surface area contributed by atoms with Gasteiger partial charge in [0.1, 0.15) is 0 Å². The van der Waals surface area contributed by atoms with Gasteiger partial charge in [0.25, 0.3) is 0 Å². The number of carbonyl (C=O) groups excluding carboxylic acids is 1. The van der Waals surface area contributed by atoms with Gasteiger partial charge in [0.05, 0.1) is 6.10 Å². The van der Waals surface area contributed by atoms with Crippen LogP contribution < -0.4 is 5.32 Å². The van der Waals surface area contributed by atoms with E-state index >= 15 is 0 Å². The van der Waals surface area contributed by atoms with E-state index in [0.29, 0.717) is 25.3 Å². The number of aliphatic hydroxyl groups excluding tert-OH is 1. The topological polar surface area (TPSA) is 49.3 Å². The normalized spacial score (nSPS) is 34.0. The lowest BCUT2D eigenvalue weighted by molar-refractivity contribution is -0.122. The van der Waals surface area contributed by atoms with E-state index in [2.05, 4.69) is 5.32 Å². The molecule has 2 bridgehead atoms. The van der Waals surface area contributed by atoms with Gasteiger partial charge in [-0.2, -0.15) is 0 Å². The monoisotopic (exact) mass is 225 g/mol. The number of aliphatic hydroxyl groups is 1. The number of rotatable bonds is 5. The maximum Gasteiger partial charge on any atom is 0.220 e. The van der Waals surface area contributed by atoms with Gasteiger partial charge in [-0.15, -0.1) is 0 Å². The molecule has 2 fully saturated rings. The zero-order valence-electron chi connectivity index (χ0n) is 10.1. The molecule has 0 radical (unpaired) electrons. The molecular formula is C13H23NO2. The van der Waals surface area contributed by atoms with Gasteiger partial charge in [0, 0.05) is 13.0 Å². The van der Waals surface area contributed by atoms with Gasteiger partial charge in [-0.3, -0.25) is 4.79 Å². The minimum Gasteiger partial charge on any atom is -0.393 e. The lowest BCUT2D eigenvalue weighted by Crippen LogP contribution is -2.29. The van der Waals surface area contributed by atoms with E-state index in [1.807, 2.05) is 0 Å². The second-order valence-corrected chi connectivity index (χ2v) is 5.63. The number of hydrogen-bond donors (Lipinski definition) is 2. The van der Waals surface area contributed by atoms with E-state index in [4.69, 9.17) is 5.11 Å². The molecule has 0 aromatic carbocycles. The average Bonchev–Trinajstić information content (AvgIpc) is 2.78. The molecule has 0 aliphatic heterocycles. The molecule has 4 unspecified atom stereocenters. The number of nitrogens with one attached hydrogen (secondary N) is 1. The fourth-order valence-corrected chi connectivity index (χ4v) is 3.36. The number of carbonyl (C=O) groups is 1. The van der Waals surface area contributed by atoms with Crippen LogP contribution in [-0.4, -0.2) is 23.7 Å². The van der Waals surface area contributed by atoms with Crippen LogP contribution in [0.1, 0.15) is 45.4 Å². The molecule has 16 heavy (non-hydrogen) atoms. The lowest BCUT2D eigenvalue weighted by Gasteiger charge is -2.20. The predicted molar refractivity (Wildman–Crippen MR) is 62.9 cm³/mol. The maximum absolute atomic E-state index is 11.7. The highest BCUT2D eigenvalue weighted by molar-refractivity contribution is 5.76. The van der Waals surface area contributed by atoms with Crippen LogP contribution >= 0.6 is 0 Å². The van der Waals surface area contributed by atoms with Gasteiger partial charge in [-0.25, -0.2) is 0 Å². The van der Waals surface area contributed by atoms with Crippen LogP contribution in [-0.2, 0) is 4.79 Å². The SMILES string of the molecule is CC(O)CCNC(=O)CC1CC2CCC1C2. The summed E-state index contributed by atoms with van der Waals surface area (Å²) >= 11 is 0. The molecule has 2 saturated carbocycles. The minimum atomic E-state index is -0.317. The Labute approximate surface area is 97.6 Å². The van der Waals surface area contributed by atoms with Crippen molar-refractivity contribution < 1.29 is 9.90 Å². The Morgan fingerprint density at radius 2 is 2.25 bits per heavy atom. The van der Waals surface area contributed by atoms with Crippen LogP contribution in [0.3, 0.4) is 0 Å². The van der Waals surface area contributed by atoms with Crippen LogP contribution in [0.25, 0.3) is 0 Å². The average molecular weight is 225 g/mol. The molecule has 92 valence electrons. The summed E-state index contributed by atoms with van der Waals surface area (Å²) in [5.41, 5.74) is 0. The summed E-state index contributed by atoms with van der Waals surface area (Å²) in [4.78, 5) is 11.7. The molecular weight excluding hydrogens is 202 g/mol. The van der Waals surface area contributed by atoms with E-state index in [-0.39, 0.29) is 12.0 Å².